The zero-order valence-corrected chi connectivity index (χ0v) is 15.2. The van der Waals surface area contributed by atoms with Gasteiger partial charge < -0.3 is 10.2 Å². The highest BCUT2D eigenvalue weighted by atomic mass is 32.2. The zero-order valence-electron chi connectivity index (χ0n) is 14.4. The molecule has 25 heavy (non-hydrogen) atoms. The van der Waals surface area contributed by atoms with Crippen LogP contribution in [0.15, 0.2) is 53.5 Å². The molecule has 6 nitrogen and oxygen atoms in total. The molecule has 1 heterocycles. The first kappa shape index (κ1) is 17.3. The minimum atomic E-state index is -3.28. The summed E-state index contributed by atoms with van der Waals surface area (Å²) in [5.41, 5.74) is 4.04. The third-order valence-corrected chi connectivity index (χ3v) is 4.64. The molecule has 7 heteroatoms. The van der Waals surface area contributed by atoms with E-state index in [2.05, 4.69) is 38.1 Å². The van der Waals surface area contributed by atoms with E-state index < -0.39 is 10.0 Å². The largest absolute Gasteiger partial charge is 0.352 e. The lowest BCUT2D eigenvalue weighted by molar-refractivity contribution is 0.607. The molecule has 2 aromatic carbocycles. The highest BCUT2D eigenvalue weighted by Gasteiger charge is 2.22. The van der Waals surface area contributed by atoms with E-state index in [-0.39, 0.29) is 0 Å². The number of rotatable bonds is 4. The Kier molecular flexibility index (Phi) is 4.94. The molecular weight excluding hydrogens is 336 g/mol. The molecule has 2 aromatic rings. The Balaban J connectivity index is 1.70. The number of nitrogens with zero attached hydrogens (tertiary/aromatic N) is 2. The molecule has 0 saturated heterocycles. The van der Waals surface area contributed by atoms with Crippen LogP contribution in [0.4, 0.5) is 11.4 Å². The molecule has 0 saturated carbocycles. The Labute approximate surface area is 148 Å². The SMILES string of the molecule is CN=C(NCc1cccc(NS(C)(=O)=O)c1)N1CCc2ccccc21. The Morgan fingerprint density at radius 2 is 2.00 bits per heavy atom. The maximum absolute atomic E-state index is 11.4. The molecule has 0 aliphatic carbocycles. The van der Waals surface area contributed by atoms with Gasteiger partial charge >= 0.3 is 0 Å². The maximum atomic E-state index is 11.4. The van der Waals surface area contributed by atoms with Gasteiger partial charge in [0.2, 0.25) is 10.0 Å². The molecule has 0 fully saturated rings. The fraction of sp³-hybridized carbons (Fsp3) is 0.278. The van der Waals surface area contributed by atoms with Crippen LogP contribution in [-0.4, -0.2) is 34.2 Å². The van der Waals surface area contributed by atoms with Crippen molar-refractivity contribution in [2.45, 2.75) is 13.0 Å². The molecule has 1 aliphatic heterocycles. The van der Waals surface area contributed by atoms with Crippen molar-refractivity contribution in [1.29, 1.82) is 0 Å². The summed E-state index contributed by atoms with van der Waals surface area (Å²) in [7, 11) is -1.51. The number of guanidine groups is 1. The second-order valence-corrected chi connectivity index (χ2v) is 7.75. The van der Waals surface area contributed by atoms with Gasteiger partial charge in [0.1, 0.15) is 0 Å². The van der Waals surface area contributed by atoms with Crippen LogP contribution in [0.5, 0.6) is 0 Å². The fourth-order valence-electron chi connectivity index (χ4n) is 2.99. The molecule has 1 aliphatic rings. The third kappa shape index (κ3) is 4.30. The van der Waals surface area contributed by atoms with Crippen LogP contribution in [0.25, 0.3) is 0 Å². The van der Waals surface area contributed by atoms with Gasteiger partial charge in [-0.2, -0.15) is 0 Å². The van der Waals surface area contributed by atoms with Crippen molar-refractivity contribution < 1.29 is 8.42 Å². The van der Waals surface area contributed by atoms with Gasteiger partial charge in [-0.15, -0.1) is 0 Å². The smallest absolute Gasteiger partial charge is 0.229 e. The molecule has 0 spiro atoms. The molecule has 2 N–H and O–H groups in total. The number of fused-ring (bicyclic) bond motifs is 1. The van der Waals surface area contributed by atoms with Crippen molar-refractivity contribution in [1.82, 2.24) is 5.32 Å². The van der Waals surface area contributed by atoms with E-state index in [0.29, 0.717) is 12.2 Å². The lowest BCUT2D eigenvalue weighted by Gasteiger charge is -2.22. The van der Waals surface area contributed by atoms with Crippen molar-refractivity contribution >= 4 is 27.4 Å². The molecule has 0 atom stereocenters. The number of sulfonamides is 1. The van der Waals surface area contributed by atoms with E-state index in [0.717, 1.165) is 30.7 Å². The molecule has 3 rings (SSSR count). The maximum Gasteiger partial charge on any atom is 0.229 e. The number of para-hydroxylation sites is 1. The summed E-state index contributed by atoms with van der Waals surface area (Å²) < 4.78 is 25.2. The van der Waals surface area contributed by atoms with Crippen LogP contribution in [0.2, 0.25) is 0 Å². The summed E-state index contributed by atoms with van der Waals surface area (Å²) in [4.78, 5) is 6.56. The van der Waals surface area contributed by atoms with Crippen LogP contribution in [0, 0.1) is 0 Å². The molecule has 0 radical (unpaired) electrons. The van der Waals surface area contributed by atoms with Crippen molar-refractivity contribution in [3.63, 3.8) is 0 Å². The van der Waals surface area contributed by atoms with Crippen LogP contribution in [-0.2, 0) is 23.0 Å². The van der Waals surface area contributed by atoms with E-state index in [9.17, 15) is 8.42 Å². The quantitative estimate of drug-likeness (QED) is 0.649. The zero-order chi connectivity index (χ0) is 17.9. The summed E-state index contributed by atoms with van der Waals surface area (Å²) in [6, 6.07) is 15.7. The number of hydrogen-bond donors (Lipinski definition) is 2. The summed E-state index contributed by atoms with van der Waals surface area (Å²) in [6.45, 7) is 1.46. The highest BCUT2D eigenvalue weighted by molar-refractivity contribution is 7.92. The Morgan fingerprint density at radius 1 is 1.20 bits per heavy atom. The minimum Gasteiger partial charge on any atom is -0.352 e. The normalized spacial score (nSPS) is 14.3. The average molecular weight is 358 g/mol. The first-order valence-corrected chi connectivity index (χ1v) is 9.98. The molecule has 0 bridgehead atoms. The predicted molar refractivity (Wildman–Crippen MR) is 103 cm³/mol. The minimum absolute atomic E-state index is 0.559. The summed E-state index contributed by atoms with van der Waals surface area (Å²) in [5, 5.41) is 3.36. The van der Waals surface area contributed by atoms with Crippen LogP contribution >= 0.6 is 0 Å². The van der Waals surface area contributed by atoms with Crippen LogP contribution in [0.1, 0.15) is 11.1 Å². The number of aliphatic imine (C=N–C) groups is 1. The lowest BCUT2D eigenvalue weighted by atomic mass is 10.2. The van der Waals surface area contributed by atoms with E-state index in [1.54, 1.807) is 13.1 Å². The van der Waals surface area contributed by atoms with Gasteiger partial charge in [0.05, 0.1) is 6.26 Å². The monoisotopic (exact) mass is 358 g/mol. The van der Waals surface area contributed by atoms with Crippen molar-refractivity contribution in [3.05, 3.63) is 59.7 Å². The Bertz CT molecular complexity index is 893. The van der Waals surface area contributed by atoms with Crippen LogP contribution in [0.3, 0.4) is 0 Å². The fourth-order valence-corrected chi connectivity index (χ4v) is 3.55. The predicted octanol–water partition coefficient (Wildman–Crippen LogP) is 2.20. The van der Waals surface area contributed by atoms with Gasteiger partial charge in [-0.3, -0.25) is 9.71 Å². The summed E-state index contributed by atoms with van der Waals surface area (Å²) >= 11 is 0. The van der Waals surface area contributed by atoms with Gasteiger partial charge in [-0.25, -0.2) is 8.42 Å². The van der Waals surface area contributed by atoms with Gasteiger partial charge in [0, 0.05) is 31.5 Å². The van der Waals surface area contributed by atoms with Crippen molar-refractivity contribution in [3.8, 4) is 0 Å². The van der Waals surface area contributed by atoms with Gasteiger partial charge in [-0.05, 0) is 35.7 Å². The number of hydrogen-bond acceptors (Lipinski definition) is 3. The van der Waals surface area contributed by atoms with E-state index >= 15 is 0 Å². The number of nitrogens with one attached hydrogen (secondary N) is 2. The van der Waals surface area contributed by atoms with Crippen molar-refractivity contribution in [2.75, 3.05) is 29.5 Å². The number of benzene rings is 2. The molecular formula is C18H22N4O2S. The second-order valence-electron chi connectivity index (χ2n) is 6.01. The highest BCUT2D eigenvalue weighted by Crippen LogP contribution is 2.27. The summed E-state index contributed by atoms with van der Waals surface area (Å²) in [6.07, 6.45) is 2.15. The van der Waals surface area contributed by atoms with Gasteiger partial charge in [0.15, 0.2) is 5.96 Å². The number of anilines is 2. The molecule has 0 amide bonds. The lowest BCUT2D eigenvalue weighted by Crippen LogP contribution is -2.40. The first-order chi connectivity index (χ1) is 12.0. The van der Waals surface area contributed by atoms with Crippen molar-refractivity contribution in [2.24, 2.45) is 4.99 Å². The first-order valence-electron chi connectivity index (χ1n) is 8.09. The molecule has 0 unspecified atom stereocenters. The molecule has 0 aromatic heterocycles. The third-order valence-electron chi connectivity index (χ3n) is 4.04. The average Bonchev–Trinajstić information content (AvgIpc) is 2.99. The van der Waals surface area contributed by atoms with E-state index in [4.69, 9.17) is 0 Å². The van der Waals surface area contributed by atoms with E-state index in [1.165, 1.54) is 11.3 Å². The standard InChI is InChI=1S/C18H22N4O2S/c1-19-18(22-11-10-15-7-3-4-9-17(15)22)20-13-14-6-5-8-16(12-14)21-25(2,23)24/h3-9,12,21H,10-11,13H2,1-2H3,(H,19,20). The summed E-state index contributed by atoms with van der Waals surface area (Å²) in [5.74, 6) is 0.812. The molecule has 132 valence electrons. The van der Waals surface area contributed by atoms with Gasteiger partial charge in [0.25, 0.3) is 0 Å². The van der Waals surface area contributed by atoms with Crippen LogP contribution < -0.4 is 14.9 Å². The Morgan fingerprint density at radius 3 is 2.76 bits per heavy atom. The Hall–Kier alpha value is -2.54. The second kappa shape index (κ2) is 7.14. The van der Waals surface area contributed by atoms with E-state index in [1.807, 2.05) is 24.3 Å². The van der Waals surface area contributed by atoms with Gasteiger partial charge in [-0.1, -0.05) is 30.3 Å². The topological polar surface area (TPSA) is 73.8 Å².